The fraction of sp³-hybridized carbons (Fsp3) is 0.222. The number of benzene rings is 1. The number of aromatic nitrogens is 2. The van der Waals surface area contributed by atoms with Crippen molar-refractivity contribution >= 4 is 28.5 Å². The predicted octanol–water partition coefficient (Wildman–Crippen LogP) is 1.58. The Morgan fingerprint density at radius 3 is 2.74 bits per heavy atom. The number of nitrogens with one attached hydrogen (secondary N) is 1. The Balaban J connectivity index is 2.07. The summed E-state index contributed by atoms with van der Waals surface area (Å²) in [6, 6.07) is 5.94. The second kappa shape index (κ2) is 6.94. The molecule has 0 bridgehead atoms. The number of primary amides is 1. The number of amides is 2. The third-order valence-corrected chi connectivity index (χ3v) is 3.97. The first-order valence-electron chi connectivity index (χ1n) is 8.17. The lowest BCUT2D eigenvalue weighted by Crippen LogP contribution is -2.21. The van der Waals surface area contributed by atoms with Crippen LogP contribution in [0.5, 0.6) is 5.75 Å². The maximum absolute atomic E-state index is 12.8. The molecular formula is C18H18N4O5. The highest BCUT2D eigenvalue weighted by atomic mass is 16.5. The molecule has 1 aromatic carbocycles. The topological polar surface area (TPSA) is 129 Å². The lowest BCUT2D eigenvalue weighted by molar-refractivity contribution is 0.0992. The van der Waals surface area contributed by atoms with Crippen molar-refractivity contribution in [3.05, 3.63) is 51.6 Å². The Labute approximate surface area is 153 Å². The molecule has 2 aromatic heterocycles. The third-order valence-electron chi connectivity index (χ3n) is 3.97. The molecule has 27 heavy (non-hydrogen) atoms. The molecule has 0 saturated heterocycles. The molecule has 2 amide bonds. The standard InChI is InChI=1S/C18H18N4O5/c1-4-26-10-5-6-11-12(8-14(23)27-13(11)7-10)18(25)20-15-9(2)21-22(3)16(15)17(19)24/h5-8H,4H2,1-3H3,(H2,19,24)(H,20,25). The minimum absolute atomic E-state index is 0.0618. The Bertz CT molecular complexity index is 1110. The van der Waals surface area contributed by atoms with E-state index < -0.39 is 17.4 Å². The fourth-order valence-electron chi connectivity index (χ4n) is 2.86. The monoisotopic (exact) mass is 370 g/mol. The molecule has 0 spiro atoms. The molecule has 0 aliphatic rings. The lowest BCUT2D eigenvalue weighted by Gasteiger charge is -2.09. The van der Waals surface area contributed by atoms with Gasteiger partial charge in [-0.05, 0) is 26.0 Å². The normalized spacial score (nSPS) is 10.8. The van der Waals surface area contributed by atoms with Crippen LogP contribution in [0.3, 0.4) is 0 Å². The number of hydrogen-bond donors (Lipinski definition) is 2. The van der Waals surface area contributed by atoms with E-state index in [-0.39, 0.29) is 22.5 Å². The van der Waals surface area contributed by atoms with Crippen molar-refractivity contribution in [2.75, 3.05) is 11.9 Å². The van der Waals surface area contributed by atoms with Gasteiger partial charge in [-0.25, -0.2) is 4.79 Å². The number of carbonyl (C=O) groups is 2. The number of rotatable bonds is 5. The number of fused-ring (bicyclic) bond motifs is 1. The molecule has 0 saturated carbocycles. The van der Waals surface area contributed by atoms with Crippen LogP contribution in [0.1, 0.15) is 33.5 Å². The minimum Gasteiger partial charge on any atom is -0.494 e. The Morgan fingerprint density at radius 1 is 1.33 bits per heavy atom. The molecule has 0 fully saturated rings. The van der Waals surface area contributed by atoms with E-state index >= 15 is 0 Å². The minimum atomic E-state index is -0.729. The second-order valence-electron chi connectivity index (χ2n) is 5.82. The molecule has 0 unspecified atom stereocenters. The summed E-state index contributed by atoms with van der Waals surface area (Å²) in [6.45, 7) is 3.91. The largest absolute Gasteiger partial charge is 0.494 e. The fourth-order valence-corrected chi connectivity index (χ4v) is 2.86. The van der Waals surface area contributed by atoms with Crippen molar-refractivity contribution in [2.45, 2.75) is 13.8 Å². The van der Waals surface area contributed by atoms with Gasteiger partial charge in [0, 0.05) is 24.6 Å². The van der Waals surface area contributed by atoms with Gasteiger partial charge in [-0.3, -0.25) is 14.3 Å². The van der Waals surface area contributed by atoms with E-state index in [0.29, 0.717) is 23.4 Å². The summed E-state index contributed by atoms with van der Waals surface area (Å²) in [5.41, 5.74) is 5.69. The molecule has 0 atom stereocenters. The van der Waals surface area contributed by atoms with E-state index in [1.165, 1.54) is 4.68 Å². The number of nitrogens with two attached hydrogens (primary N) is 1. The molecule has 3 N–H and O–H groups in total. The van der Waals surface area contributed by atoms with Gasteiger partial charge < -0.3 is 20.2 Å². The van der Waals surface area contributed by atoms with E-state index in [2.05, 4.69) is 10.4 Å². The summed E-state index contributed by atoms with van der Waals surface area (Å²) in [5.74, 6) is -0.798. The summed E-state index contributed by atoms with van der Waals surface area (Å²) in [4.78, 5) is 36.4. The Hall–Kier alpha value is -3.62. The molecule has 3 rings (SSSR count). The van der Waals surface area contributed by atoms with Crippen LogP contribution >= 0.6 is 0 Å². The molecule has 9 nitrogen and oxygen atoms in total. The van der Waals surface area contributed by atoms with E-state index in [1.807, 2.05) is 6.92 Å². The summed E-state index contributed by atoms with van der Waals surface area (Å²) >= 11 is 0. The van der Waals surface area contributed by atoms with Crippen molar-refractivity contribution in [1.82, 2.24) is 9.78 Å². The molecule has 9 heteroatoms. The number of aryl methyl sites for hydroxylation is 2. The predicted molar refractivity (Wildman–Crippen MR) is 98.1 cm³/mol. The number of ether oxygens (including phenoxy) is 1. The van der Waals surface area contributed by atoms with Crippen molar-refractivity contribution in [2.24, 2.45) is 12.8 Å². The van der Waals surface area contributed by atoms with Gasteiger partial charge in [-0.15, -0.1) is 0 Å². The zero-order valence-corrected chi connectivity index (χ0v) is 15.0. The van der Waals surface area contributed by atoms with Gasteiger partial charge in [0.1, 0.15) is 17.0 Å². The molecule has 3 aromatic rings. The zero-order chi connectivity index (χ0) is 19.7. The lowest BCUT2D eigenvalue weighted by atomic mass is 10.1. The first-order valence-corrected chi connectivity index (χ1v) is 8.17. The van der Waals surface area contributed by atoms with Gasteiger partial charge >= 0.3 is 5.63 Å². The van der Waals surface area contributed by atoms with Crippen LogP contribution in [-0.4, -0.2) is 28.2 Å². The Kier molecular flexibility index (Phi) is 4.68. The summed E-state index contributed by atoms with van der Waals surface area (Å²) < 4.78 is 11.8. The van der Waals surface area contributed by atoms with E-state index in [1.54, 1.807) is 32.2 Å². The smallest absolute Gasteiger partial charge is 0.337 e. The Morgan fingerprint density at radius 2 is 2.07 bits per heavy atom. The van der Waals surface area contributed by atoms with E-state index in [4.69, 9.17) is 14.9 Å². The average molecular weight is 370 g/mol. The zero-order valence-electron chi connectivity index (χ0n) is 15.0. The van der Waals surface area contributed by atoms with E-state index in [9.17, 15) is 14.4 Å². The van der Waals surface area contributed by atoms with Crippen molar-refractivity contribution in [3.8, 4) is 5.75 Å². The molecule has 0 aliphatic carbocycles. The van der Waals surface area contributed by atoms with Crippen molar-refractivity contribution < 1.29 is 18.7 Å². The van der Waals surface area contributed by atoms with Crippen LogP contribution < -0.4 is 21.4 Å². The van der Waals surface area contributed by atoms with Crippen LogP contribution in [0.25, 0.3) is 11.0 Å². The first kappa shape index (κ1) is 18.2. The molecule has 0 radical (unpaired) electrons. The number of anilines is 1. The highest BCUT2D eigenvalue weighted by molar-refractivity contribution is 6.14. The molecule has 0 aliphatic heterocycles. The first-order chi connectivity index (χ1) is 12.8. The van der Waals surface area contributed by atoms with Crippen LogP contribution in [-0.2, 0) is 7.05 Å². The van der Waals surface area contributed by atoms with Gasteiger partial charge in [0.2, 0.25) is 0 Å². The number of carbonyl (C=O) groups excluding carboxylic acids is 2. The van der Waals surface area contributed by atoms with Crippen LogP contribution in [0.15, 0.2) is 33.5 Å². The second-order valence-corrected chi connectivity index (χ2v) is 5.82. The van der Waals surface area contributed by atoms with Crippen LogP contribution in [0, 0.1) is 6.92 Å². The summed E-state index contributed by atoms with van der Waals surface area (Å²) in [7, 11) is 1.55. The van der Waals surface area contributed by atoms with Gasteiger partial charge in [-0.1, -0.05) is 0 Å². The molecular weight excluding hydrogens is 352 g/mol. The van der Waals surface area contributed by atoms with Crippen LogP contribution in [0.2, 0.25) is 0 Å². The number of hydrogen-bond acceptors (Lipinski definition) is 6. The molecule has 2 heterocycles. The van der Waals surface area contributed by atoms with E-state index in [0.717, 1.165) is 6.07 Å². The maximum Gasteiger partial charge on any atom is 0.337 e. The SMILES string of the molecule is CCOc1ccc2c(C(=O)Nc3c(C)nn(C)c3C(N)=O)cc(=O)oc2c1. The average Bonchev–Trinajstić information content (AvgIpc) is 2.87. The highest BCUT2D eigenvalue weighted by Gasteiger charge is 2.22. The number of nitrogens with zero attached hydrogens (tertiary/aromatic N) is 2. The summed E-state index contributed by atoms with van der Waals surface area (Å²) in [5, 5.41) is 7.15. The van der Waals surface area contributed by atoms with Gasteiger partial charge in [0.25, 0.3) is 11.8 Å². The van der Waals surface area contributed by atoms with Crippen LogP contribution in [0.4, 0.5) is 5.69 Å². The highest BCUT2D eigenvalue weighted by Crippen LogP contribution is 2.25. The van der Waals surface area contributed by atoms with Gasteiger partial charge in [-0.2, -0.15) is 5.10 Å². The van der Waals surface area contributed by atoms with Gasteiger partial charge in [0.05, 0.1) is 23.6 Å². The summed E-state index contributed by atoms with van der Waals surface area (Å²) in [6.07, 6.45) is 0. The van der Waals surface area contributed by atoms with Gasteiger partial charge in [0.15, 0.2) is 0 Å². The maximum atomic E-state index is 12.8. The van der Waals surface area contributed by atoms with Crippen molar-refractivity contribution in [1.29, 1.82) is 0 Å². The molecule has 140 valence electrons. The van der Waals surface area contributed by atoms with Crippen molar-refractivity contribution in [3.63, 3.8) is 0 Å². The third kappa shape index (κ3) is 3.39. The quantitative estimate of drug-likeness (QED) is 0.656.